The summed E-state index contributed by atoms with van der Waals surface area (Å²) in [6.07, 6.45) is 0.954. The van der Waals surface area contributed by atoms with E-state index in [9.17, 15) is 32.3 Å². The molecule has 0 saturated carbocycles. The van der Waals surface area contributed by atoms with Crippen molar-refractivity contribution in [1.29, 1.82) is 0 Å². The molecule has 0 saturated heterocycles. The fourth-order valence-electron chi connectivity index (χ4n) is 2.54. The molecule has 3 rings (SSSR count). The van der Waals surface area contributed by atoms with Crippen LogP contribution < -0.4 is 11.2 Å². The van der Waals surface area contributed by atoms with E-state index in [2.05, 4.69) is 4.98 Å². The Morgan fingerprint density at radius 3 is 2.54 bits per heavy atom. The van der Waals surface area contributed by atoms with Crippen LogP contribution in [0.4, 0.5) is 8.78 Å². The number of nitrogens with one attached hydrogen (secondary N) is 1. The van der Waals surface area contributed by atoms with Gasteiger partial charge in [0.1, 0.15) is 5.03 Å². The van der Waals surface area contributed by atoms with Gasteiger partial charge in [-0.3, -0.25) is 23.5 Å². The van der Waals surface area contributed by atoms with E-state index in [4.69, 9.17) is 5.11 Å². The number of fused-ring (bicyclic) bond motifs is 1. The van der Waals surface area contributed by atoms with Gasteiger partial charge in [-0.1, -0.05) is 6.07 Å². The van der Waals surface area contributed by atoms with E-state index in [1.54, 1.807) is 0 Å². The van der Waals surface area contributed by atoms with Crippen molar-refractivity contribution in [3.8, 4) is 0 Å². The third-order valence-corrected chi connectivity index (χ3v) is 5.48. The number of halogens is 2. The van der Waals surface area contributed by atoms with E-state index in [-0.39, 0.29) is 11.1 Å². The second-order valence-corrected chi connectivity index (χ2v) is 7.63. The van der Waals surface area contributed by atoms with Gasteiger partial charge in [-0.25, -0.2) is 18.4 Å². The smallest absolute Gasteiger partial charge is 0.333 e. The van der Waals surface area contributed by atoms with Gasteiger partial charge in [-0.05, 0) is 23.8 Å². The first kappa shape index (κ1) is 18.0. The van der Waals surface area contributed by atoms with Crippen LogP contribution >= 0.6 is 10.6 Å². The number of carbonyl (C=O) groups is 1. The molecule has 2 aromatic rings. The van der Waals surface area contributed by atoms with Crippen molar-refractivity contribution in [3.05, 3.63) is 67.4 Å². The topological polar surface area (TPSA) is 133 Å². The van der Waals surface area contributed by atoms with Gasteiger partial charge in [-0.2, -0.15) is 0 Å². The lowest BCUT2D eigenvalue weighted by molar-refractivity contribution is -0.132. The molecule has 0 unspecified atom stereocenters. The number of carboxylic acid groups (broad SMARTS) is 1. The molecule has 2 heterocycles. The van der Waals surface area contributed by atoms with Crippen molar-refractivity contribution >= 4 is 22.6 Å². The van der Waals surface area contributed by atoms with Gasteiger partial charge < -0.3 is 5.11 Å². The van der Waals surface area contributed by atoms with Crippen LogP contribution in [-0.4, -0.2) is 35.5 Å². The first-order valence-electron chi connectivity index (χ1n) is 7.11. The lowest BCUT2D eigenvalue weighted by Crippen LogP contribution is -2.39. The number of benzene rings is 1. The first-order valence-corrected chi connectivity index (χ1v) is 8.82. The van der Waals surface area contributed by atoms with Crippen molar-refractivity contribution in [3.63, 3.8) is 0 Å². The molecule has 8 nitrogen and oxygen atoms in total. The molecule has 1 aromatic heterocycles. The Bertz CT molecular complexity index is 1070. The first-order chi connectivity index (χ1) is 12.1. The molecule has 26 heavy (non-hydrogen) atoms. The molecule has 0 atom stereocenters. The lowest BCUT2D eigenvalue weighted by atomic mass is 10.2. The van der Waals surface area contributed by atoms with Gasteiger partial charge in [0.05, 0.1) is 23.4 Å². The van der Waals surface area contributed by atoms with Gasteiger partial charge in [-0.15, -0.1) is 10.6 Å². The normalized spacial score (nSPS) is 16.5. The van der Waals surface area contributed by atoms with E-state index < -0.39 is 62.3 Å². The molecule has 138 valence electrons. The molecule has 4 N–H and O–H groups in total. The highest BCUT2D eigenvalue weighted by Gasteiger charge is 2.32. The predicted octanol–water partition coefficient (Wildman–Crippen LogP) is 1.45. The molecule has 0 spiro atoms. The number of carboxylic acids is 1. The van der Waals surface area contributed by atoms with E-state index in [1.807, 2.05) is 0 Å². The molecule has 0 amide bonds. The number of hydrogen-bond donors (Lipinski definition) is 4. The Kier molecular flexibility index (Phi) is 4.30. The third-order valence-electron chi connectivity index (χ3n) is 3.79. The van der Waals surface area contributed by atoms with Crippen molar-refractivity contribution in [2.45, 2.75) is 11.6 Å². The van der Waals surface area contributed by atoms with E-state index in [1.165, 1.54) is 6.07 Å². The van der Waals surface area contributed by atoms with Crippen LogP contribution in [0.2, 0.25) is 0 Å². The average molecular weight is 386 g/mol. The van der Waals surface area contributed by atoms with Crippen molar-refractivity contribution < 1.29 is 27.8 Å². The predicted molar refractivity (Wildman–Crippen MR) is 88.4 cm³/mol. The third kappa shape index (κ3) is 3.07. The van der Waals surface area contributed by atoms with E-state index in [0.29, 0.717) is 4.57 Å². The van der Waals surface area contributed by atoms with Gasteiger partial charge in [0, 0.05) is 0 Å². The lowest BCUT2D eigenvalue weighted by Gasteiger charge is -2.35. The highest BCUT2D eigenvalue weighted by Crippen LogP contribution is 2.51. The van der Waals surface area contributed by atoms with Crippen LogP contribution in [0, 0.1) is 11.6 Å². The second kappa shape index (κ2) is 6.20. The van der Waals surface area contributed by atoms with Crippen molar-refractivity contribution in [1.82, 2.24) is 9.55 Å². The fraction of sp³-hybridized carbons (Fsp3) is 0.133. The summed E-state index contributed by atoms with van der Waals surface area (Å²) in [7, 11) is -3.71. The van der Waals surface area contributed by atoms with Crippen LogP contribution in [0.15, 0.2) is 38.4 Å². The van der Waals surface area contributed by atoms with E-state index in [0.717, 1.165) is 18.2 Å². The molecular formula is C15H12F2N2O6S. The Labute approximate surface area is 145 Å². The average Bonchev–Trinajstić information content (AvgIpc) is 2.55. The summed E-state index contributed by atoms with van der Waals surface area (Å²) in [6, 6.07) is 2.82. The van der Waals surface area contributed by atoms with Crippen molar-refractivity contribution in [2.75, 3.05) is 5.75 Å². The van der Waals surface area contributed by atoms with Gasteiger partial charge >= 0.3 is 11.7 Å². The highest BCUT2D eigenvalue weighted by atomic mass is 32.3. The fourth-order valence-corrected chi connectivity index (χ4v) is 4.08. The Morgan fingerprint density at radius 1 is 1.23 bits per heavy atom. The Balaban J connectivity index is 2.17. The molecule has 0 fully saturated rings. The summed E-state index contributed by atoms with van der Waals surface area (Å²) in [5, 5.41) is 8.62. The van der Waals surface area contributed by atoms with Gasteiger partial charge in [0.2, 0.25) is 0 Å². The minimum absolute atomic E-state index is 0.112. The molecule has 0 radical (unpaired) electrons. The zero-order valence-corrected chi connectivity index (χ0v) is 13.7. The number of hydrogen-bond acceptors (Lipinski definition) is 5. The SMILES string of the molecule is O=C(O)C1=Cc2c([nH]c(=O)n(Cc3ccc(F)c(F)c3)c2=O)S(O)(O)C1. The number of aromatic amines is 1. The maximum atomic E-state index is 13.3. The molecule has 1 aliphatic rings. The maximum Gasteiger partial charge on any atom is 0.333 e. The Hall–Kier alpha value is -2.76. The summed E-state index contributed by atoms with van der Waals surface area (Å²) in [6.45, 7) is -0.423. The number of aliphatic carboxylic acids is 1. The summed E-state index contributed by atoms with van der Waals surface area (Å²) in [4.78, 5) is 38.1. The molecule has 11 heteroatoms. The van der Waals surface area contributed by atoms with Crippen LogP contribution in [0.3, 0.4) is 0 Å². The monoisotopic (exact) mass is 386 g/mol. The summed E-state index contributed by atoms with van der Waals surface area (Å²) in [5.74, 6) is -4.33. The Morgan fingerprint density at radius 2 is 1.92 bits per heavy atom. The zero-order valence-electron chi connectivity index (χ0n) is 12.9. The molecule has 0 bridgehead atoms. The maximum absolute atomic E-state index is 13.3. The van der Waals surface area contributed by atoms with E-state index >= 15 is 0 Å². The number of H-pyrrole nitrogens is 1. The number of rotatable bonds is 3. The largest absolute Gasteiger partial charge is 0.478 e. The molecule has 0 aliphatic carbocycles. The zero-order chi connectivity index (χ0) is 19.2. The minimum atomic E-state index is -3.71. The molecule has 1 aliphatic heterocycles. The summed E-state index contributed by atoms with van der Waals surface area (Å²) in [5.41, 5.74) is -2.64. The summed E-state index contributed by atoms with van der Waals surface area (Å²) >= 11 is 0. The minimum Gasteiger partial charge on any atom is -0.478 e. The molecule has 1 aromatic carbocycles. The van der Waals surface area contributed by atoms with Crippen molar-refractivity contribution in [2.24, 2.45) is 0 Å². The van der Waals surface area contributed by atoms with Crippen LogP contribution in [0.25, 0.3) is 6.08 Å². The second-order valence-electron chi connectivity index (χ2n) is 5.60. The van der Waals surface area contributed by atoms with Gasteiger partial charge in [0.25, 0.3) is 5.56 Å². The highest BCUT2D eigenvalue weighted by molar-refractivity contribution is 8.24. The van der Waals surface area contributed by atoms with Crippen LogP contribution in [0.5, 0.6) is 0 Å². The summed E-state index contributed by atoms with van der Waals surface area (Å²) < 4.78 is 47.1. The van der Waals surface area contributed by atoms with Gasteiger partial charge in [0.15, 0.2) is 11.6 Å². The molecular weight excluding hydrogens is 374 g/mol. The van der Waals surface area contributed by atoms with Crippen LogP contribution in [-0.2, 0) is 11.3 Å². The number of nitrogens with zero attached hydrogens (tertiary/aromatic N) is 1. The van der Waals surface area contributed by atoms with Crippen LogP contribution in [0.1, 0.15) is 11.1 Å². The quantitative estimate of drug-likeness (QED) is 0.590. The standard InChI is InChI=1S/C15H12F2N2O6S/c16-10-2-1-7(3-11(10)17)5-19-13(20)9-4-8(14(21)22)6-26(24,25)12(9)18-15(19)23/h1-4,24-25H,5-6H2,(H,18,23)(H,21,22). The number of aromatic nitrogens is 2.